The van der Waals surface area contributed by atoms with Crippen molar-refractivity contribution in [2.45, 2.75) is 46.5 Å². The van der Waals surface area contributed by atoms with E-state index < -0.39 is 0 Å². The van der Waals surface area contributed by atoms with E-state index in [2.05, 4.69) is 32.3 Å². The highest BCUT2D eigenvalue weighted by atomic mass is 16.1. The molecule has 0 bridgehead atoms. The molecule has 0 spiro atoms. The van der Waals surface area contributed by atoms with Crippen molar-refractivity contribution in [3.8, 4) is 0 Å². The van der Waals surface area contributed by atoms with Crippen molar-refractivity contribution in [2.24, 2.45) is 0 Å². The van der Waals surface area contributed by atoms with Crippen LogP contribution in [0.3, 0.4) is 0 Å². The predicted molar refractivity (Wildman–Crippen MR) is 112 cm³/mol. The van der Waals surface area contributed by atoms with E-state index in [1.165, 1.54) is 6.07 Å². The second kappa shape index (κ2) is 7.54. The Bertz CT molecular complexity index is 1260. The van der Waals surface area contributed by atoms with Crippen LogP contribution in [0.5, 0.6) is 0 Å². The number of fused-ring (bicyclic) bond motifs is 2. The van der Waals surface area contributed by atoms with E-state index >= 15 is 0 Å². The number of aryl methyl sites for hydroxylation is 3. The van der Waals surface area contributed by atoms with Gasteiger partial charge in [0.25, 0.3) is 5.56 Å². The summed E-state index contributed by atoms with van der Waals surface area (Å²) in [6.45, 7) is 5.87. The highest BCUT2D eigenvalue weighted by Gasteiger charge is 2.15. The normalized spacial score (nSPS) is 11.4. The third-order valence-electron chi connectivity index (χ3n) is 5.12. The number of hydrogen-bond acceptors (Lipinski definition) is 4. The molecule has 8 heteroatoms. The molecule has 150 valence electrons. The zero-order valence-electron chi connectivity index (χ0n) is 16.8. The lowest BCUT2D eigenvalue weighted by molar-refractivity contribution is -0.115. The SMILES string of the molecule is CCCCc1nc2ccc(NC(=O)Cc3c(C)nc4cc(=O)[nH]n4c3C)cc2[nH]1. The number of nitrogens with one attached hydrogen (secondary N) is 3. The van der Waals surface area contributed by atoms with Gasteiger partial charge < -0.3 is 10.3 Å². The van der Waals surface area contributed by atoms with Gasteiger partial charge in [-0.3, -0.25) is 14.7 Å². The highest BCUT2D eigenvalue weighted by Crippen LogP contribution is 2.19. The summed E-state index contributed by atoms with van der Waals surface area (Å²) in [6, 6.07) is 7.11. The maximum Gasteiger partial charge on any atom is 0.266 e. The molecule has 0 atom stereocenters. The van der Waals surface area contributed by atoms with E-state index in [1.54, 1.807) is 4.52 Å². The Morgan fingerprint density at radius 1 is 1.21 bits per heavy atom. The summed E-state index contributed by atoms with van der Waals surface area (Å²) in [6.07, 6.45) is 3.30. The van der Waals surface area contributed by atoms with E-state index in [1.807, 2.05) is 32.0 Å². The lowest BCUT2D eigenvalue weighted by atomic mass is 10.1. The average Bonchev–Trinajstić information content (AvgIpc) is 3.25. The van der Waals surface area contributed by atoms with Gasteiger partial charge in [-0.05, 0) is 38.5 Å². The van der Waals surface area contributed by atoms with Gasteiger partial charge in [0, 0.05) is 35.1 Å². The lowest BCUT2D eigenvalue weighted by Gasteiger charge is -2.11. The second-order valence-electron chi connectivity index (χ2n) is 7.32. The van der Waals surface area contributed by atoms with Crippen LogP contribution in [0.1, 0.15) is 42.5 Å². The van der Waals surface area contributed by atoms with Gasteiger partial charge in [-0.25, -0.2) is 14.5 Å². The molecule has 1 amide bonds. The van der Waals surface area contributed by atoms with E-state index in [9.17, 15) is 9.59 Å². The van der Waals surface area contributed by atoms with Crippen LogP contribution in [-0.4, -0.2) is 30.5 Å². The molecule has 0 unspecified atom stereocenters. The smallest absolute Gasteiger partial charge is 0.266 e. The van der Waals surface area contributed by atoms with Crippen LogP contribution in [0, 0.1) is 13.8 Å². The molecule has 3 aromatic heterocycles. The van der Waals surface area contributed by atoms with Crippen molar-refractivity contribution in [1.29, 1.82) is 0 Å². The minimum atomic E-state index is -0.215. The van der Waals surface area contributed by atoms with E-state index in [0.717, 1.165) is 53.1 Å². The number of aromatic amines is 2. The number of unbranched alkanes of at least 4 members (excludes halogenated alkanes) is 1. The number of rotatable bonds is 6. The maximum absolute atomic E-state index is 12.7. The number of carbonyl (C=O) groups excluding carboxylic acids is 1. The zero-order valence-corrected chi connectivity index (χ0v) is 16.8. The molecule has 0 aliphatic rings. The largest absolute Gasteiger partial charge is 0.342 e. The minimum absolute atomic E-state index is 0.142. The summed E-state index contributed by atoms with van der Waals surface area (Å²) in [5, 5.41) is 5.66. The molecule has 8 nitrogen and oxygen atoms in total. The molecular formula is C21H24N6O2. The monoisotopic (exact) mass is 392 g/mol. The van der Waals surface area contributed by atoms with Crippen LogP contribution >= 0.6 is 0 Å². The van der Waals surface area contributed by atoms with Crippen molar-refractivity contribution in [3.63, 3.8) is 0 Å². The number of benzene rings is 1. The van der Waals surface area contributed by atoms with E-state index in [4.69, 9.17) is 0 Å². The molecule has 0 saturated heterocycles. The summed E-state index contributed by atoms with van der Waals surface area (Å²) in [5.41, 5.74) is 5.19. The number of carbonyl (C=O) groups is 1. The van der Waals surface area contributed by atoms with Gasteiger partial charge in [0.2, 0.25) is 5.91 Å². The van der Waals surface area contributed by atoms with Gasteiger partial charge in [-0.1, -0.05) is 13.3 Å². The third-order valence-corrected chi connectivity index (χ3v) is 5.12. The van der Waals surface area contributed by atoms with Crippen LogP contribution in [0.2, 0.25) is 0 Å². The molecule has 4 rings (SSSR count). The van der Waals surface area contributed by atoms with Crippen LogP contribution in [-0.2, 0) is 17.6 Å². The van der Waals surface area contributed by atoms with Crippen molar-refractivity contribution in [1.82, 2.24) is 24.6 Å². The van der Waals surface area contributed by atoms with Crippen molar-refractivity contribution in [3.05, 3.63) is 57.4 Å². The number of anilines is 1. The number of amides is 1. The summed E-state index contributed by atoms with van der Waals surface area (Å²) in [7, 11) is 0. The van der Waals surface area contributed by atoms with Gasteiger partial charge in [-0.15, -0.1) is 0 Å². The van der Waals surface area contributed by atoms with Crippen molar-refractivity contribution >= 4 is 28.3 Å². The number of hydrogen-bond donors (Lipinski definition) is 3. The van der Waals surface area contributed by atoms with Gasteiger partial charge in [-0.2, -0.15) is 0 Å². The third kappa shape index (κ3) is 3.78. The zero-order chi connectivity index (χ0) is 20.5. The minimum Gasteiger partial charge on any atom is -0.342 e. The van der Waals surface area contributed by atoms with Crippen LogP contribution in [0.25, 0.3) is 16.7 Å². The average molecular weight is 392 g/mol. The first-order valence-corrected chi connectivity index (χ1v) is 9.81. The Morgan fingerprint density at radius 2 is 2.03 bits per heavy atom. The molecule has 0 aliphatic heterocycles. The standard InChI is InChI=1S/C21H24N6O2/c1-4-5-6-18-24-16-8-7-14(9-17(16)25-18)23-20(28)10-15-12(2)22-19-11-21(29)26-27(19)13(15)3/h7-9,11H,4-6,10H2,1-3H3,(H,23,28)(H,24,25)(H,26,29). The fourth-order valence-corrected chi connectivity index (χ4v) is 3.58. The van der Waals surface area contributed by atoms with Gasteiger partial charge >= 0.3 is 0 Å². The summed E-state index contributed by atoms with van der Waals surface area (Å²) in [5.74, 6) is 0.827. The van der Waals surface area contributed by atoms with E-state index in [-0.39, 0.29) is 17.9 Å². The molecule has 0 aliphatic carbocycles. The Balaban J connectivity index is 1.54. The Kier molecular flexibility index (Phi) is 4.92. The number of H-pyrrole nitrogens is 2. The molecule has 1 aromatic carbocycles. The quantitative estimate of drug-likeness (QED) is 0.469. The van der Waals surface area contributed by atoms with Crippen molar-refractivity contribution < 1.29 is 4.79 Å². The van der Waals surface area contributed by atoms with Gasteiger partial charge in [0.05, 0.1) is 17.5 Å². The predicted octanol–water partition coefficient (Wildman–Crippen LogP) is 3.04. The van der Waals surface area contributed by atoms with Gasteiger partial charge in [0.15, 0.2) is 5.65 Å². The summed E-state index contributed by atoms with van der Waals surface area (Å²) < 4.78 is 1.62. The van der Waals surface area contributed by atoms with Crippen LogP contribution in [0.15, 0.2) is 29.1 Å². The van der Waals surface area contributed by atoms with Crippen molar-refractivity contribution in [2.75, 3.05) is 5.32 Å². The first-order valence-electron chi connectivity index (χ1n) is 9.81. The molecular weight excluding hydrogens is 368 g/mol. The maximum atomic E-state index is 12.7. The fourth-order valence-electron chi connectivity index (χ4n) is 3.58. The van der Waals surface area contributed by atoms with Crippen LogP contribution < -0.4 is 10.9 Å². The molecule has 0 fully saturated rings. The molecule has 29 heavy (non-hydrogen) atoms. The first-order chi connectivity index (χ1) is 13.9. The van der Waals surface area contributed by atoms with E-state index in [0.29, 0.717) is 11.3 Å². The molecule has 3 heterocycles. The summed E-state index contributed by atoms with van der Waals surface area (Å²) in [4.78, 5) is 36.6. The second-order valence-corrected chi connectivity index (χ2v) is 7.32. The van der Waals surface area contributed by atoms with Crippen LogP contribution in [0.4, 0.5) is 5.69 Å². The Hall–Kier alpha value is -3.42. The van der Waals surface area contributed by atoms with Gasteiger partial charge in [0.1, 0.15) is 5.82 Å². The number of imidazole rings is 1. The Labute approximate surface area is 167 Å². The summed E-state index contributed by atoms with van der Waals surface area (Å²) >= 11 is 0. The highest BCUT2D eigenvalue weighted by molar-refractivity contribution is 5.94. The molecule has 3 N–H and O–H groups in total. The lowest BCUT2D eigenvalue weighted by Crippen LogP contribution is -2.17. The first kappa shape index (κ1) is 18.9. The number of aromatic nitrogens is 5. The molecule has 0 radical (unpaired) electrons. The topological polar surface area (TPSA) is 108 Å². The number of nitrogens with zero attached hydrogens (tertiary/aromatic N) is 3. The molecule has 4 aromatic rings. The fraction of sp³-hybridized carbons (Fsp3) is 0.333. The molecule has 0 saturated carbocycles. The Morgan fingerprint density at radius 3 is 2.83 bits per heavy atom.